The molecule has 37 heavy (non-hydrogen) atoms. The van der Waals surface area contributed by atoms with E-state index in [1.807, 2.05) is 0 Å². The van der Waals surface area contributed by atoms with Gasteiger partial charge in [0, 0.05) is 61.5 Å². The lowest BCUT2D eigenvalue weighted by atomic mass is 9.86. The molecule has 2 saturated heterocycles. The van der Waals surface area contributed by atoms with Crippen molar-refractivity contribution in [2.75, 3.05) is 6.54 Å². The van der Waals surface area contributed by atoms with Crippen LogP contribution in [0.2, 0.25) is 0 Å². The van der Waals surface area contributed by atoms with E-state index in [1.165, 1.54) is 0 Å². The van der Waals surface area contributed by atoms with Crippen LogP contribution in [0.3, 0.4) is 0 Å². The van der Waals surface area contributed by atoms with Crippen LogP contribution in [0.4, 0.5) is 8.78 Å². The summed E-state index contributed by atoms with van der Waals surface area (Å²) in [7, 11) is 0. The van der Waals surface area contributed by atoms with Gasteiger partial charge in [-0.05, 0) is 57.4 Å². The lowest BCUT2D eigenvalue weighted by Gasteiger charge is -2.40. The van der Waals surface area contributed by atoms with Gasteiger partial charge in [0.1, 0.15) is 11.6 Å². The highest BCUT2D eigenvalue weighted by atomic mass is 19.3. The maximum absolute atomic E-state index is 14.6. The maximum atomic E-state index is 14.6. The standard InChI is InChI=1S/C29H41F2N5O/c1-19(2)27-34-33-20(3)36(27)25-17-23-9-10-24(18-25)35(23)16-13-26(21-7-5-4-6-8-21)32-28(37)22-11-14-29(30,31)15-12-22/h4-8,19,22-26H,9-18H2,1-3H3,(H,32,37)/i3D3,14D2,15D2,19D,22D. The number of amides is 1. The highest BCUT2D eigenvalue weighted by Crippen LogP contribution is 2.42. The molecule has 2 aliphatic heterocycles. The molecule has 1 aromatic carbocycles. The summed E-state index contributed by atoms with van der Waals surface area (Å²) in [5.74, 6) is -8.77. The lowest BCUT2D eigenvalue weighted by molar-refractivity contribution is -0.130. The van der Waals surface area contributed by atoms with Gasteiger partial charge in [-0.3, -0.25) is 9.69 Å². The molecule has 6 nitrogen and oxygen atoms in total. The van der Waals surface area contributed by atoms with E-state index in [2.05, 4.69) is 20.4 Å². The predicted octanol–water partition coefficient (Wildman–Crippen LogP) is 5.95. The number of rotatable bonds is 8. The van der Waals surface area contributed by atoms with Crippen LogP contribution in [-0.2, 0) is 4.79 Å². The van der Waals surface area contributed by atoms with Gasteiger partial charge in [-0.1, -0.05) is 44.2 Å². The molecule has 3 aliphatic rings. The fourth-order valence-electron chi connectivity index (χ4n) is 6.07. The third-order valence-electron chi connectivity index (χ3n) is 7.92. The smallest absolute Gasteiger partial charge is 0.248 e. The van der Waals surface area contributed by atoms with Crippen LogP contribution in [0.25, 0.3) is 0 Å². The average Bonchev–Trinajstić information content (AvgIpc) is 3.49. The molecule has 8 heteroatoms. The Kier molecular flexibility index (Phi) is 5.04. The third kappa shape index (κ3) is 5.74. The summed E-state index contributed by atoms with van der Waals surface area (Å²) >= 11 is 0. The Hall–Kier alpha value is -2.35. The molecule has 1 aromatic heterocycles. The molecule has 3 fully saturated rings. The van der Waals surface area contributed by atoms with Crippen LogP contribution < -0.4 is 5.32 Å². The number of hydrogen-bond acceptors (Lipinski definition) is 4. The molecule has 2 bridgehead atoms. The van der Waals surface area contributed by atoms with Gasteiger partial charge in [-0.15, -0.1) is 10.2 Å². The number of nitrogens with zero attached hydrogens (tertiary/aromatic N) is 4. The van der Waals surface area contributed by atoms with Crippen LogP contribution in [0.1, 0.15) is 119 Å². The summed E-state index contributed by atoms with van der Waals surface area (Å²) in [5, 5.41) is 10.9. The Morgan fingerprint density at radius 3 is 2.46 bits per heavy atom. The van der Waals surface area contributed by atoms with E-state index in [0.717, 1.165) is 12.8 Å². The second kappa shape index (κ2) is 10.8. The molecule has 5 rings (SSSR count). The number of halogens is 2. The minimum Gasteiger partial charge on any atom is -0.349 e. The number of fused-ring (bicyclic) bond motifs is 2. The molecule has 1 saturated carbocycles. The van der Waals surface area contributed by atoms with Gasteiger partial charge in [0.2, 0.25) is 11.8 Å². The second-order valence-corrected chi connectivity index (χ2v) is 10.6. The van der Waals surface area contributed by atoms with E-state index in [0.29, 0.717) is 37.2 Å². The number of alkyl halides is 2. The summed E-state index contributed by atoms with van der Waals surface area (Å²) in [6.45, 7) is 1.34. The first kappa shape index (κ1) is 17.3. The van der Waals surface area contributed by atoms with Gasteiger partial charge in [0.15, 0.2) is 0 Å². The fraction of sp³-hybridized carbons (Fsp3) is 0.690. The van der Waals surface area contributed by atoms with E-state index in [4.69, 9.17) is 12.3 Å². The molecule has 0 radical (unpaired) electrons. The van der Waals surface area contributed by atoms with Crippen LogP contribution >= 0.6 is 0 Å². The largest absolute Gasteiger partial charge is 0.349 e. The van der Waals surface area contributed by atoms with Crippen molar-refractivity contribution >= 4 is 5.91 Å². The minimum absolute atomic E-state index is 0.0898. The molecule has 1 amide bonds. The second-order valence-electron chi connectivity index (χ2n) is 10.6. The van der Waals surface area contributed by atoms with Gasteiger partial charge in [0.25, 0.3) is 0 Å². The molecule has 1 aliphatic carbocycles. The highest BCUT2D eigenvalue weighted by Gasteiger charge is 2.42. The van der Waals surface area contributed by atoms with Crippen molar-refractivity contribution in [3.63, 3.8) is 0 Å². The number of carbonyl (C=O) groups excluding carboxylic acids is 1. The molecule has 3 atom stereocenters. The first-order chi connectivity index (χ1) is 21.1. The lowest BCUT2D eigenvalue weighted by Crippen LogP contribution is -2.45. The molecule has 0 spiro atoms. The van der Waals surface area contributed by atoms with E-state index >= 15 is 0 Å². The van der Waals surface area contributed by atoms with E-state index < -0.39 is 62.1 Å². The number of aryl methyl sites for hydroxylation is 1. The Morgan fingerprint density at radius 2 is 1.84 bits per heavy atom. The molecule has 3 unspecified atom stereocenters. The minimum atomic E-state index is -4.36. The van der Waals surface area contributed by atoms with E-state index in [1.54, 1.807) is 48.7 Å². The van der Waals surface area contributed by atoms with Crippen molar-refractivity contribution < 1.29 is 25.9 Å². The van der Waals surface area contributed by atoms with Crippen LogP contribution in [0.5, 0.6) is 0 Å². The summed E-state index contributed by atoms with van der Waals surface area (Å²) in [4.78, 5) is 15.8. The van der Waals surface area contributed by atoms with Crippen molar-refractivity contribution in [1.29, 1.82) is 0 Å². The zero-order valence-electron chi connectivity index (χ0n) is 30.3. The number of hydrogen-bond donors (Lipinski definition) is 1. The van der Waals surface area contributed by atoms with Crippen LogP contribution in [0, 0.1) is 12.7 Å². The quantitative estimate of drug-likeness (QED) is 0.465. The van der Waals surface area contributed by atoms with Gasteiger partial charge in [0.05, 0.1) is 6.04 Å². The molecule has 202 valence electrons. The maximum Gasteiger partial charge on any atom is 0.248 e. The summed E-state index contributed by atoms with van der Waals surface area (Å²) in [5.41, 5.74) is 0.711. The average molecular weight is 523 g/mol. The summed E-state index contributed by atoms with van der Waals surface area (Å²) < 4.78 is 103. The SMILES string of the molecule is [2H]C1(C(=O)NC(CCN2C3CCC2CC(n2c(C([2H])([2H])[2H])nnc2C([2H])(C)C)C3)c2ccccc2)CC([2H])([2H])C(F)(F)C([2H])([2H])C1. The van der Waals surface area contributed by atoms with Gasteiger partial charge in [-0.25, -0.2) is 8.78 Å². The summed E-state index contributed by atoms with van der Waals surface area (Å²) in [6.07, 6.45) is -5.68. The molecule has 3 heterocycles. The van der Waals surface area contributed by atoms with Crippen molar-refractivity contribution in [3.05, 3.63) is 47.5 Å². The number of carbonyl (C=O) groups is 1. The predicted molar refractivity (Wildman–Crippen MR) is 139 cm³/mol. The Morgan fingerprint density at radius 1 is 1.16 bits per heavy atom. The monoisotopic (exact) mass is 522 g/mol. The van der Waals surface area contributed by atoms with E-state index in [9.17, 15) is 13.6 Å². The first-order valence-corrected chi connectivity index (χ1v) is 13.0. The Bertz CT molecular complexity index is 1360. The van der Waals surface area contributed by atoms with Crippen LogP contribution in [-0.4, -0.2) is 50.1 Å². The Labute approximate surface area is 231 Å². The van der Waals surface area contributed by atoms with Gasteiger partial charge in [-0.2, -0.15) is 0 Å². The normalized spacial score (nSPS) is 34.7. The fourth-order valence-corrected chi connectivity index (χ4v) is 6.07. The van der Waals surface area contributed by atoms with Gasteiger partial charge < -0.3 is 9.88 Å². The summed E-state index contributed by atoms with van der Waals surface area (Å²) in [6, 6.07) is 8.28. The number of benzene rings is 1. The van der Waals surface area contributed by atoms with E-state index in [-0.39, 0.29) is 23.9 Å². The number of nitrogens with one attached hydrogen (secondary N) is 1. The first-order valence-electron chi connectivity index (χ1n) is 17.5. The Balaban J connectivity index is 1.34. The molecular weight excluding hydrogens is 472 g/mol. The van der Waals surface area contributed by atoms with Crippen LogP contribution in [0.15, 0.2) is 30.3 Å². The third-order valence-corrected chi connectivity index (χ3v) is 7.92. The number of aromatic nitrogens is 3. The van der Waals surface area contributed by atoms with Gasteiger partial charge >= 0.3 is 0 Å². The molecule has 2 aromatic rings. The highest BCUT2D eigenvalue weighted by molar-refractivity contribution is 5.79. The molecule has 1 N–H and O–H groups in total. The van der Waals surface area contributed by atoms with Crippen molar-refractivity contribution in [1.82, 2.24) is 25.0 Å². The number of piperidine rings is 1. The zero-order chi connectivity index (χ0) is 34.1. The van der Waals surface area contributed by atoms with Crippen molar-refractivity contribution in [2.24, 2.45) is 5.89 Å². The van der Waals surface area contributed by atoms with Crippen molar-refractivity contribution in [3.8, 4) is 0 Å². The zero-order valence-corrected chi connectivity index (χ0v) is 21.3. The topological polar surface area (TPSA) is 63.1 Å². The molecular formula is C29H41F2N5O. The van der Waals surface area contributed by atoms with Crippen molar-refractivity contribution in [2.45, 2.75) is 114 Å².